The van der Waals surface area contributed by atoms with Crippen LogP contribution in [-0.2, 0) is 0 Å². The average molecular weight is 132 g/mol. The SMILES string of the molecule is C=C/N=C1/C=CN=C1C=C. The second-order valence-corrected chi connectivity index (χ2v) is 1.73. The van der Waals surface area contributed by atoms with Gasteiger partial charge in [-0.3, -0.25) is 9.98 Å². The Labute approximate surface area is 60.0 Å². The molecule has 10 heavy (non-hydrogen) atoms. The molecular formula is C8H8N2. The summed E-state index contributed by atoms with van der Waals surface area (Å²) in [6.45, 7) is 7.07. The summed E-state index contributed by atoms with van der Waals surface area (Å²) in [5, 5.41) is 0. The molecule has 0 saturated carbocycles. The van der Waals surface area contributed by atoms with Crippen LogP contribution in [0.15, 0.2) is 47.7 Å². The van der Waals surface area contributed by atoms with Gasteiger partial charge in [0.1, 0.15) is 0 Å². The maximum Gasteiger partial charge on any atom is 0.0900 e. The van der Waals surface area contributed by atoms with Crippen LogP contribution in [0.1, 0.15) is 0 Å². The molecule has 0 atom stereocenters. The highest BCUT2D eigenvalue weighted by Crippen LogP contribution is 1.99. The Morgan fingerprint density at radius 2 is 2.30 bits per heavy atom. The summed E-state index contributed by atoms with van der Waals surface area (Å²) < 4.78 is 0. The van der Waals surface area contributed by atoms with E-state index in [1.54, 1.807) is 12.3 Å². The van der Waals surface area contributed by atoms with Crippen molar-refractivity contribution in [2.45, 2.75) is 0 Å². The van der Waals surface area contributed by atoms with Crippen molar-refractivity contribution in [2.75, 3.05) is 0 Å². The number of nitrogens with zero attached hydrogens (tertiary/aromatic N) is 2. The Balaban J connectivity index is 2.90. The first-order valence-corrected chi connectivity index (χ1v) is 2.94. The van der Waals surface area contributed by atoms with E-state index in [0.29, 0.717) is 0 Å². The monoisotopic (exact) mass is 132 g/mol. The van der Waals surface area contributed by atoms with Crippen LogP contribution in [0, 0.1) is 0 Å². The van der Waals surface area contributed by atoms with Gasteiger partial charge in [-0.2, -0.15) is 0 Å². The van der Waals surface area contributed by atoms with E-state index in [9.17, 15) is 0 Å². The molecule has 0 aromatic rings. The van der Waals surface area contributed by atoms with Gasteiger partial charge in [0.05, 0.1) is 11.4 Å². The molecule has 0 bridgehead atoms. The summed E-state index contributed by atoms with van der Waals surface area (Å²) in [7, 11) is 0. The van der Waals surface area contributed by atoms with Gasteiger partial charge in [-0.05, 0) is 12.2 Å². The van der Waals surface area contributed by atoms with Crippen LogP contribution in [0.5, 0.6) is 0 Å². The molecule has 50 valence electrons. The summed E-state index contributed by atoms with van der Waals surface area (Å²) >= 11 is 0. The van der Waals surface area contributed by atoms with E-state index >= 15 is 0 Å². The highest BCUT2D eigenvalue weighted by atomic mass is 14.8. The van der Waals surface area contributed by atoms with Gasteiger partial charge in [-0.1, -0.05) is 13.2 Å². The minimum Gasteiger partial charge on any atom is -0.255 e. The van der Waals surface area contributed by atoms with Crippen LogP contribution in [0.4, 0.5) is 0 Å². The molecule has 0 N–H and O–H groups in total. The number of allylic oxidation sites excluding steroid dienone is 2. The lowest BCUT2D eigenvalue weighted by molar-refractivity contribution is 1.61. The van der Waals surface area contributed by atoms with E-state index in [2.05, 4.69) is 23.1 Å². The fraction of sp³-hybridized carbons (Fsp3) is 0. The van der Waals surface area contributed by atoms with Gasteiger partial charge in [0, 0.05) is 12.4 Å². The van der Waals surface area contributed by atoms with Crippen molar-refractivity contribution in [1.82, 2.24) is 0 Å². The first-order chi connectivity index (χ1) is 4.88. The van der Waals surface area contributed by atoms with Crippen molar-refractivity contribution in [3.05, 3.63) is 37.7 Å². The van der Waals surface area contributed by atoms with Crippen molar-refractivity contribution in [3.8, 4) is 0 Å². The van der Waals surface area contributed by atoms with E-state index in [-0.39, 0.29) is 0 Å². The summed E-state index contributed by atoms with van der Waals surface area (Å²) in [6, 6.07) is 0. The fourth-order valence-electron chi connectivity index (χ4n) is 0.704. The van der Waals surface area contributed by atoms with E-state index in [1.165, 1.54) is 6.20 Å². The van der Waals surface area contributed by atoms with E-state index in [4.69, 9.17) is 0 Å². The van der Waals surface area contributed by atoms with Gasteiger partial charge in [-0.15, -0.1) is 0 Å². The van der Waals surface area contributed by atoms with Gasteiger partial charge < -0.3 is 0 Å². The van der Waals surface area contributed by atoms with Gasteiger partial charge in [0.2, 0.25) is 0 Å². The van der Waals surface area contributed by atoms with Gasteiger partial charge in [0.15, 0.2) is 0 Å². The second-order valence-electron chi connectivity index (χ2n) is 1.73. The maximum atomic E-state index is 3.99. The molecule has 0 saturated heterocycles. The summed E-state index contributed by atoms with van der Waals surface area (Å²) in [5.41, 5.74) is 1.63. The fourth-order valence-corrected chi connectivity index (χ4v) is 0.704. The molecule has 1 aliphatic rings. The summed E-state index contributed by atoms with van der Waals surface area (Å²) in [6.07, 6.45) is 6.67. The van der Waals surface area contributed by atoms with Crippen LogP contribution in [0.25, 0.3) is 0 Å². The molecule has 0 aliphatic carbocycles. The Bertz CT molecular complexity index is 244. The third-order valence-corrected chi connectivity index (χ3v) is 1.13. The van der Waals surface area contributed by atoms with Gasteiger partial charge in [-0.25, -0.2) is 0 Å². The lowest BCUT2D eigenvalue weighted by Gasteiger charge is -1.89. The molecule has 2 nitrogen and oxygen atoms in total. The molecule has 1 heterocycles. The van der Waals surface area contributed by atoms with Gasteiger partial charge >= 0.3 is 0 Å². The zero-order valence-corrected chi connectivity index (χ0v) is 5.62. The topological polar surface area (TPSA) is 24.7 Å². The highest BCUT2D eigenvalue weighted by molar-refractivity contribution is 6.51. The smallest absolute Gasteiger partial charge is 0.0900 e. The third-order valence-electron chi connectivity index (χ3n) is 1.13. The molecule has 0 fully saturated rings. The van der Waals surface area contributed by atoms with Gasteiger partial charge in [0.25, 0.3) is 0 Å². The van der Waals surface area contributed by atoms with Crippen LogP contribution in [0.2, 0.25) is 0 Å². The lowest BCUT2D eigenvalue weighted by Crippen LogP contribution is -2.02. The zero-order chi connectivity index (χ0) is 7.40. The van der Waals surface area contributed by atoms with Crippen LogP contribution < -0.4 is 0 Å². The Morgan fingerprint density at radius 3 is 2.90 bits per heavy atom. The van der Waals surface area contributed by atoms with E-state index in [0.717, 1.165) is 11.4 Å². The summed E-state index contributed by atoms with van der Waals surface area (Å²) in [4.78, 5) is 7.96. The predicted octanol–water partition coefficient (Wildman–Crippen LogP) is 1.73. The van der Waals surface area contributed by atoms with Crippen molar-refractivity contribution < 1.29 is 0 Å². The Hall–Kier alpha value is -1.44. The standard InChI is InChI=1S/C8H8N2/c1-3-7-8(9-4-2)5-6-10-7/h3-6H,1-2H2/b9-8-. The van der Waals surface area contributed by atoms with Crippen molar-refractivity contribution in [1.29, 1.82) is 0 Å². The number of hydrogen-bond donors (Lipinski definition) is 0. The molecule has 0 radical (unpaired) electrons. The van der Waals surface area contributed by atoms with E-state index in [1.807, 2.05) is 6.08 Å². The molecule has 0 aromatic carbocycles. The first kappa shape index (κ1) is 6.68. The molecule has 1 aliphatic heterocycles. The Morgan fingerprint density at radius 1 is 1.50 bits per heavy atom. The van der Waals surface area contributed by atoms with E-state index < -0.39 is 0 Å². The van der Waals surface area contributed by atoms with Crippen LogP contribution >= 0.6 is 0 Å². The number of hydrogen-bond acceptors (Lipinski definition) is 2. The minimum absolute atomic E-state index is 0.805. The second kappa shape index (κ2) is 2.92. The molecule has 0 amide bonds. The third kappa shape index (κ3) is 1.10. The molecule has 1 rings (SSSR count). The molecular weight excluding hydrogens is 124 g/mol. The van der Waals surface area contributed by atoms with Crippen LogP contribution in [-0.4, -0.2) is 11.4 Å². The average Bonchev–Trinajstić information content (AvgIpc) is 2.36. The molecule has 0 spiro atoms. The lowest BCUT2D eigenvalue weighted by atomic mass is 10.2. The zero-order valence-electron chi connectivity index (χ0n) is 5.62. The first-order valence-electron chi connectivity index (χ1n) is 2.94. The molecule has 0 unspecified atom stereocenters. The van der Waals surface area contributed by atoms with Crippen molar-refractivity contribution >= 4 is 11.4 Å². The molecule has 2 heteroatoms. The van der Waals surface area contributed by atoms with Crippen molar-refractivity contribution in [3.63, 3.8) is 0 Å². The van der Waals surface area contributed by atoms with Crippen molar-refractivity contribution in [2.24, 2.45) is 9.98 Å². The number of rotatable bonds is 2. The minimum atomic E-state index is 0.805. The number of aliphatic imine (C=N–C) groups is 2. The molecule has 0 aromatic heterocycles. The summed E-state index contributed by atoms with van der Waals surface area (Å²) in [5.74, 6) is 0. The largest absolute Gasteiger partial charge is 0.255 e. The Kier molecular flexibility index (Phi) is 1.95. The maximum absolute atomic E-state index is 3.99. The highest BCUT2D eigenvalue weighted by Gasteiger charge is 2.03. The normalized spacial score (nSPS) is 19.2. The quantitative estimate of drug-likeness (QED) is 0.546. The predicted molar refractivity (Wildman–Crippen MR) is 44.4 cm³/mol. The van der Waals surface area contributed by atoms with Crippen LogP contribution in [0.3, 0.4) is 0 Å².